The maximum absolute atomic E-state index is 13.8. The van der Waals surface area contributed by atoms with Crippen LogP contribution in [-0.4, -0.2) is 37.0 Å². The van der Waals surface area contributed by atoms with Gasteiger partial charge in [-0.1, -0.05) is 18.2 Å². The monoisotopic (exact) mass is 290 g/mol. The van der Waals surface area contributed by atoms with Gasteiger partial charge in [0.2, 0.25) is 5.91 Å². The lowest BCUT2D eigenvalue weighted by atomic mass is 9.94. The first-order valence-corrected chi connectivity index (χ1v) is 7.97. The van der Waals surface area contributed by atoms with Gasteiger partial charge in [-0.05, 0) is 49.9 Å². The highest BCUT2D eigenvalue weighted by Gasteiger charge is 2.30. The molecule has 3 rings (SSSR count). The largest absolute Gasteiger partial charge is 0.342 e. The molecule has 3 nitrogen and oxygen atoms in total. The lowest BCUT2D eigenvalue weighted by molar-refractivity contribution is -0.131. The third-order valence-corrected chi connectivity index (χ3v) is 4.81. The van der Waals surface area contributed by atoms with Crippen molar-refractivity contribution in [2.75, 3.05) is 26.2 Å². The summed E-state index contributed by atoms with van der Waals surface area (Å²) in [5, 5.41) is 3.33. The van der Waals surface area contributed by atoms with Crippen LogP contribution < -0.4 is 5.32 Å². The van der Waals surface area contributed by atoms with Gasteiger partial charge in [0.05, 0.1) is 0 Å². The number of nitrogens with zero attached hydrogens (tertiary/aromatic N) is 1. The van der Waals surface area contributed by atoms with E-state index in [0.29, 0.717) is 18.9 Å². The topological polar surface area (TPSA) is 32.3 Å². The van der Waals surface area contributed by atoms with Gasteiger partial charge in [-0.25, -0.2) is 4.39 Å². The number of rotatable bonds is 3. The number of nitrogens with one attached hydrogen (secondary N) is 1. The molecule has 1 aromatic rings. The van der Waals surface area contributed by atoms with E-state index in [1.54, 1.807) is 6.07 Å². The van der Waals surface area contributed by atoms with Crippen LogP contribution in [0.15, 0.2) is 24.3 Å². The van der Waals surface area contributed by atoms with Gasteiger partial charge in [-0.2, -0.15) is 0 Å². The highest BCUT2D eigenvalue weighted by Crippen LogP contribution is 2.30. The number of carbonyl (C=O) groups is 1. The molecule has 1 aromatic carbocycles. The molecular weight excluding hydrogens is 267 g/mol. The number of likely N-dealkylation sites (tertiary alicyclic amines) is 1. The summed E-state index contributed by atoms with van der Waals surface area (Å²) in [6.45, 7) is 3.49. The normalized spacial score (nSPS) is 23.5. The standard InChI is InChI=1S/C17H23FN2O/c18-16-4-2-1-3-15(16)14-7-10-20(12-14)17(21)11-13-5-8-19-9-6-13/h1-4,13-14,19H,5-12H2. The summed E-state index contributed by atoms with van der Waals surface area (Å²) in [7, 11) is 0. The minimum atomic E-state index is -0.143. The van der Waals surface area contributed by atoms with E-state index >= 15 is 0 Å². The second-order valence-electron chi connectivity index (χ2n) is 6.24. The van der Waals surface area contributed by atoms with Crippen LogP contribution in [-0.2, 0) is 4.79 Å². The zero-order valence-corrected chi connectivity index (χ0v) is 12.4. The molecule has 0 aromatic heterocycles. The third kappa shape index (κ3) is 3.43. The Morgan fingerprint density at radius 3 is 2.76 bits per heavy atom. The Morgan fingerprint density at radius 1 is 1.24 bits per heavy atom. The van der Waals surface area contributed by atoms with Gasteiger partial charge in [-0.15, -0.1) is 0 Å². The fourth-order valence-electron chi connectivity index (χ4n) is 3.51. The van der Waals surface area contributed by atoms with E-state index in [-0.39, 0.29) is 17.6 Å². The molecule has 0 radical (unpaired) electrons. The highest BCUT2D eigenvalue weighted by atomic mass is 19.1. The van der Waals surface area contributed by atoms with Crippen molar-refractivity contribution in [2.45, 2.75) is 31.6 Å². The quantitative estimate of drug-likeness (QED) is 0.928. The van der Waals surface area contributed by atoms with Crippen molar-refractivity contribution in [3.05, 3.63) is 35.6 Å². The molecule has 2 saturated heterocycles. The molecular formula is C17H23FN2O. The van der Waals surface area contributed by atoms with Gasteiger partial charge in [0, 0.05) is 25.4 Å². The Morgan fingerprint density at radius 2 is 2.00 bits per heavy atom. The second-order valence-corrected chi connectivity index (χ2v) is 6.24. The van der Waals surface area contributed by atoms with E-state index in [0.717, 1.165) is 44.5 Å². The summed E-state index contributed by atoms with van der Waals surface area (Å²) in [6, 6.07) is 6.95. The van der Waals surface area contributed by atoms with Crippen molar-refractivity contribution in [3.8, 4) is 0 Å². The smallest absolute Gasteiger partial charge is 0.222 e. The first-order chi connectivity index (χ1) is 10.2. The first kappa shape index (κ1) is 14.5. The summed E-state index contributed by atoms with van der Waals surface area (Å²) in [6.07, 6.45) is 3.72. The molecule has 1 unspecified atom stereocenters. The number of hydrogen-bond donors (Lipinski definition) is 1. The first-order valence-electron chi connectivity index (χ1n) is 7.97. The number of hydrogen-bond acceptors (Lipinski definition) is 2. The maximum Gasteiger partial charge on any atom is 0.222 e. The van der Waals surface area contributed by atoms with Crippen LogP contribution in [0.25, 0.3) is 0 Å². The summed E-state index contributed by atoms with van der Waals surface area (Å²) in [5.41, 5.74) is 0.759. The summed E-state index contributed by atoms with van der Waals surface area (Å²) < 4.78 is 13.8. The predicted molar refractivity (Wildman–Crippen MR) is 80.5 cm³/mol. The Balaban J connectivity index is 1.56. The SMILES string of the molecule is O=C(CC1CCNCC1)N1CCC(c2ccccc2F)C1. The van der Waals surface area contributed by atoms with Gasteiger partial charge < -0.3 is 10.2 Å². The Hall–Kier alpha value is -1.42. The van der Waals surface area contributed by atoms with Gasteiger partial charge in [0.25, 0.3) is 0 Å². The van der Waals surface area contributed by atoms with Crippen molar-refractivity contribution in [1.82, 2.24) is 10.2 Å². The van der Waals surface area contributed by atoms with Crippen LogP contribution in [0.5, 0.6) is 0 Å². The predicted octanol–water partition coefficient (Wildman–Crippen LogP) is 2.53. The summed E-state index contributed by atoms with van der Waals surface area (Å²) in [5.74, 6) is 0.783. The minimum absolute atomic E-state index is 0.143. The van der Waals surface area contributed by atoms with Gasteiger partial charge >= 0.3 is 0 Å². The van der Waals surface area contributed by atoms with Crippen molar-refractivity contribution < 1.29 is 9.18 Å². The fourth-order valence-corrected chi connectivity index (χ4v) is 3.51. The lowest BCUT2D eigenvalue weighted by Gasteiger charge is -2.24. The van der Waals surface area contributed by atoms with Gasteiger partial charge in [0.15, 0.2) is 0 Å². The van der Waals surface area contributed by atoms with Crippen molar-refractivity contribution in [1.29, 1.82) is 0 Å². The average Bonchev–Trinajstić information content (AvgIpc) is 2.98. The van der Waals surface area contributed by atoms with E-state index in [4.69, 9.17) is 0 Å². The van der Waals surface area contributed by atoms with Crippen LogP contribution in [0.2, 0.25) is 0 Å². The van der Waals surface area contributed by atoms with Crippen molar-refractivity contribution in [2.24, 2.45) is 5.92 Å². The van der Waals surface area contributed by atoms with Crippen molar-refractivity contribution in [3.63, 3.8) is 0 Å². The number of benzene rings is 1. The van der Waals surface area contributed by atoms with Crippen LogP contribution >= 0.6 is 0 Å². The molecule has 0 spiro atoms. The molecule has 1 atom stereocenters. The second kappa shape index (κ2) is 6.56. The number of carbonyl (C=O) groups excluding carboxylic acids is 1. The molecule has 0 bridgehead atoms. The van der Waals surface area contributed by atoms with Gasteiger partial charge in [0.1, 0.15) is 5.82 Å². The van der Waals surface area contributed by atoms with Crippen LogP contribution in [0.3, 0.4) is 0 Å². The zero-order valence-electron chi connectivity index (χ0n) is 12.4. The summed E-state index contributed by atoms with van der Waals surface area (Å²) in [4.78, 5) is 14.3. The lowest BCUT2D eigenvalue weighted by Crippen LogP contribution is -2.34. The number of piperidine rings is 1. The minimum Gasteiger partial charge on any atom is -0.342 e. The van der Waals surface area contributed by atoms with Crippen molar-refractivity contribution >= 4 is 5.91 Å². The molecule has 2 aliphatic rings. The molecule has 1 N–H and O–H groups in total. The van der Waals surface area contributed by atoms with Gasteiger partial charge in [-0.3, -0.25) is 4.79 Å². The molecule has 0 saturated carbocycles. The van der Waals surface area contributed by atoms with E-state index in [9.17, 15) is 9.18 Å². The number of halogens is 1. The Labute approximate surface area is 125 Å². The molecule has 2 fully saturated rings. The Kier molecular flexibility index (Phi) is 4.54. The molecule has 1 amide bonds. The van der Waals surface area contributed by atoms with Crippen LogP contribution in [0, 0.1) is 11.7 Å². The van der Waals surface area contributed by atoms with E-state index in [1.165, 1.54) is 6.07 Å². The molecule has 114 valence electrons. The summed E-state index contributed by atoms with van der Waals surface area (Å²) >= 11 is 0. The Bertz CT molecular complexity index is 499. The fraction of sp³-hybridized carbons (Fsp3) is 0.588. The van der Waals surface area contributed by atoms with E-state index in [1.807, 2.05) is 17.0 Å². The molecule has 4 heteroatoms. The molecule has 2 aliphatic heterocycles. The van der Waals surface area contributed by atoms with Crippen LogP contribution in [0.1, 0.15) is 37.2 Å². The van der Waals surface area contributed by atoms with Crippen LogP contribution in [0.4, 0.5) is 4.39 Å². The third-order valence-electron chi connectivity index (χ3n) is 4.81. The maximum atomic E-state index is 13.8. The number of amides is 1. The molecule has 2 heterocycles. The van der Waals surface area contributed by atoms with E-state index < -0.39 is 0 Å². The molecule has 21 heavy (non-hydrogen) atoms. The van der Waals surface area contributed by atoms with E-state index in [2.05, 4.69) is 5.32 Å². The zero-order chi connectivity index (χ0) is 14.7. The molecule has 0 aliphatic carbocycles. The average molecular weight is 290 g/mol. The highest BCUT2D eigenvalue weighted by molar-refractivity contribution is 5.76.